The molecule has 17 heavy (non-hydrogen) atoms. The Bertz CT molecular complexity index is 514. The minimum atomic E-state index is 0.306. The summed E-state index contributed by atoms with van der Waals surface area (Å²) in [6, 6.07) is 6.47. The molecule has 2 aliphatic heterocycles. The van der Waals surface area contributed by atoms with E-state index >= 15 is 0 Å². The Morgan fingerprint density at radius 3 is 2.82 bits per heavy atom. The van der Waals surface area contributed by atoms with Crippen LogP contribution in [0.1, 0.15) is 31.4 Å². The summed E-state index contributed by atoms with van der Waals surface area (Å²) >= 11 is 0. The van der Waals surface area contributed by atoms with Crippen LogP contribution in [-0.4, -0.2) is 28.0 Å². The summed E-state index contributed by atoms with van der Waals surface area (Å²) < 4.78 is 0. The van der Waals surface area contributed by atoms with E-state index in [9.17, 15) is 0 Å². The molecule has 0 spiro atoms. The number of nitrogens with zero attached hydrogens (tertiary/aromatic N) is 2. The number of hydrogen-bond donors (Lipinski definition) is 1. The van der Waals surface area contributed by atoms with E-state index in [1.54, 1.807) is 0 Å². The molecule has 2 aliphatic rings. The zero-order valence-electron chi connectivity index (χ0n) is 9.95. The molecule has 1 N–H and O–H groups in total. The number of H-pyrrole nitrogens is 1. The highest BCUT2D eigenvalue weighted by atomic mass is 15.3. The molecule has 4 rings (SSSR count). The summed E-state index contributed by atoms with van der Waals surface area (Å²) in [5, 5.41) is 1.25. The first kappa shape index (κ1) is 9.66. The molecule has 0 atom stereocenters. The third kappa shape index (κ3) is 1.23. The van der Waals surface area contributed by atoms with E-state index in [1.807, 2.05) is 12.3 Å². The van der Waals surface area contributed by atoms with E-state index in [2.05, 4.69) is 27.0 Å². The van der Waals surface area contributed by atoms with Crippen LogP contribution in [0.2, 0.25) is 0 Å². The van der Waals surface area contributed by atoms with Crippen molar-refractivity contribution in [3.63, 3.8) is 0 Å². The smallest absolute Gasteiger partial charge is 0.137 e. The van der Waals surface area contributed by atoms with Crippen molar-refractivity contribution in [1.82, 2.24) is 14.9 Å². The normalized spacial score (nSPS) is 23.3. The van der Waals surface area contributed by atoms with Gasteiger partial charge in [-0.15, -0.1) is 0 Å². The number of rotatable bonds is 1. The number of nitrogens with one attached hydrogen (secondary N) is 1. The summed E-state index contributed by atoms with van der Waals surface area (Å²) in [5.41, 5.74) is 2.73. The molecular formula is C14H17N3. The topological polar surface area (TPSA) is 31.9 Å². The molecule has 0 bridgehead atoms. The second kappa shape index (κ2) is 3.33. The van der Waals surface area contributed by atoms with Crippen LogP contribution in [0.25, 0.3) is 11.0 Å². The van der Waals surface area contributed by atoms with Gasteiger partial charge in [-0.25, -0.2) is 4.98 Å². The highest BCUT2D eigenvalue weighted by Crippen LogP contribution is 2.46. The standard InChI is InChI=1S/C14H17N3/c1-4-11-10-12(16-13(11)15-7-1)14-5-2-8-17(14)9-3-6-14/h1,4,7,10H,2-3,5-6,8-9H2,(H,15,16). The van der Waals surface area contributed by atoms with Gasteiger partial charge in [0.15, 0.2) is 0 Å². The summed E-state index contributed by atoms with van der Waals surface area (Å²) in [7, 11) is 0. The largest absolute Gasteiger partial charge is 0.342 e. The molecule has 0 radical (unpaired) electrons. The first-order chi connectivity index (χ1) is 8.38. The summed E-state index contributed by atoms with van der Waals surface area (Å²) in [5.74, 6) is 0. The van der Waals surface area contributed by atoms with Gasteiger partial charge in [-0.05, 0) is 57.0 Å². The van der Waals surface area contributed by atoms with Gasteiger partial charge < -0.3 is 4.98 Å². The van der Waals surface area contributed by atoms with Crippen molar-refractivity contribution in [3.05, 3.63) is 30.1 Å². The van der Waals surface area contributed by atoms with Gasteiger partial charge in [0, 0.05) is 17.3 Å². The Labute approximate surface area is 101 Å². The first-order valence-corrected chi connectivity index (χ1v) is 6.58. The summed E-state index contributed by atoms with van der Waals surface area (Å²) in [6.07, 6.45) is 7.15. The van der Waals surface area contributed by atoms with Crippen LogP contribution in [0.4, 0.5) is 0 Å². The third-order valence-electron chi connectivity index (χ3n) is 4.54. The molecule has 2 aromatic rings. The molecule has 0 saturated carbocycles. The Balaban J connectivity index is 1.88. The molecule has 3 nitrogen and oxygen atoms in total. The second-order valence-corrected chi connectivity index (χ2v) is 5.35. The summed E-state index contributed by atoms with van der Waals surface area (Å²) in [4.78, 5) is 10.6. The number of pyridine rings is 1. The third-order valence-corrected chi connectivity index (χ3v) is 4.54. The highest BCUT2D eigenvalue weighted by molar-refractivity contribution is 5.76. The molecule has 0 aromatic carbocycles. The minimum Gasteiger partial charge on any atom is -0.342 e. The Hall–Kier alpha value is -1.35. The fourth-order valence-corrected chi connectivity index (χ4v) is 3.75. The van der Waals surface area contributed by atoms with Crippen LogP contribution >= 0.6 is 0 Å². The van der Waals surface area contributed by atoms with Gasteiger partial charge in [0.2, 0.25) is 0 Å². The van der Waals surface area contributed by atoms with Crippen molar-refractivity contribution in [2.75, 3.05) is 13.1 Å². The molecule has 88 valence electrons. The molecule has 0 unspecified atom stereocenters. The van der Waals surface area contributed by atoms with E-state index in [-0.39, 0.29) is 0 Å². The van der Waals surface area contributed by atoms with Gasteiger partial charge >= 0.3 is 0 Å². The molecule has 2 fully saturated rings. The first-order valence-electron chi connectivity index (χ1n) is 6.58. The van der Waals surface area contributed by atoms with Gasteiger partial charge in [-0.2, -0.15) is 0 Å². The molecular weight excluding hydrogens is 210 g/mol. The minimum absolute atomic E-state index is 0.306. The van der Waals surface area contributed by atoms with E-state index in [0.717, 1.165) is 5.65 Å². The maximum absolute atomic E-state index is 4.41. The Morgan fingerprint density at radius 2 is 2.06 bits per heavy atom. The lowest BCUT2D eigenvalue weighted by atomic mass is 9.90. The van der Waals surface area contributed by atoms with Crippen LogP contribution < -0.4 is 0 Å². The van der Waals surface area contributed by atoms with Crippen LogP contribution in [0.5, 0.6) is 0 Å². The van der Waals surface area contributed by atoms with Gasteiger partial charge in [-0.3, -0.25) is 4.90 Å². The number of aromatic nitrogens is 2. The zero-order valence-corrected chi connectivity index (χ0v) is 9.95. The number of aromatic amines is 1. The predicted octanol–water partition coefficient (Wildman–Crippen LogP) is 2.65. The Kier molecular flexibility index (Phi) is 1.89. The molecule has 0 amide bonds. The fourth-order valence-electron chi connectivity index (χ4n) is 3.75. The molecule has 0 aliphatic carbocycles. The van der Waals surface area contributed by atoms with Crippen LogP contribution in [0, 0.1) is 0 Å². The van der Waals surface area contributed by atoms with Crippen molar-refractivity contribution < 1.29 is 0 Å². The predicted molar refractivity (Wildman–Crippen MR) is 67.8 cm³/mol. The second-order valence-electron chi connectivity index (χ2n) is 5.35. The van der Waals surface area contributed by atoms with E-state index in [1.165, 1.54) is 49.9 Å². The molecule has 2 aromatic heterocycles. The zero-order chi connectivity index (χ0) is 11.3. The molecule has 2 saturated heterocycles. The lowest BCUT2D eigenvalue weighted by Gasteiger charge is -2.31. The quantitative estimate of drug-likeness (QED) is 0.812. The van der Waals surface area contributed by atoms with Crippen LogP contribution in [0.15, 0.2) is 24.4 Å². The van der Waals surface area contributed by atoms with Crippen LogP contribution in [0.3, 0.4) is 0 Å². The molecule has 4 heterocycles. The maximum atomic E-state index is 4.41. The lowest BCUT2D eigenvalue weighted by molar-refractivity contribution is 0.193. The average Bonchev–Trinajstić information content (AvgIpc) is 3.01. The van der Waals surface area contributed by atoms with Gasteiger partial charge in [0.1, 0.15) is 5.65 Å². The maximum Gasteiger partial charge on any atom is 0.137 e. The lowest BCUT2D eigenvalue weighted by Crippen LogP contribution is -2.35. The van der Waals surface area contributed by atoms with E-state index < -0.39 is 0 Å². The van der Waals surface area contributed by atoms with Crippen LogP contribution in [-0.2, 0) is 5.54 Å². The number of hydrogen-bond acceptors (Lipinski definition) is 2. The van der Waals surface area contributed by atoms with E-state index in [0.29, 0.717) is 5.54 Å². The van der Waals surface area contributed by atoms with Gasteiger partial charge in [0.05, 0.1) is 5.54 Å². The van der Waals surface area contributed by atoms with Crippen molar-refractivity contribution >= 4 is 11.0 Å². The van der Waals surface area contributed by atoms with Crippen molar-refractivity contribution in [3.8, 4) is 0 Å². The van der Waals surface area contributed by atoms with Gasteiger partial charge in [-0.1, -0.05) is 0 Å². The van der Waals surface area contributed by atoms with Crippen molar-refractivity contribution in [2.24, 2.45) is 0 Å². The Morgan fingerprint density at radius 1 is 1.24 bits per heavy atom. The van der Waals surface area contributed by atoms with Crippen molar-refractivity contribution in [1.29, 1.82) is 0 Å². The van der Waals surface area contributed by atoms with Crippen molar-refractivity contribution in [2.45, 2.75) is 31.2 Å². The average molecular weight is 227 g/mol. The monoisotopic (exact) mass is 227 g/mol. The fraction of sp³-hybridized carbons (Fsp3) is 0.500. The summed E-state index contributed by atoms with van der Waals surface area (Å²) in [6.45, 7) is 2.53. The SMILES string of the molecule is c1cnc2[nH]c(C34CCCN3CCC4)cc2c1. The van der Waals surface area contributed by atoms with Gasteiger partial charge in [0.25, 0.3) is 0 Å². The number of fused-ring (bicyclic) bond motifs is 2. The van der Waals surface area contributed by atoms with E-state index in [4.69, 9.17) is 0 Å². The molecule has 3 heteroatoms. The highest BCUT2D eigenvalue weighted by Gasteiger charge is 2.46.